The van der Waals surface area contributed by atoms with Crippen molar-refractivity contribution in [1.29, 1.82) is 0 Å². The summed E-state index contributed by atoms with van der Waals surface area (Å²) in [5.41, 5.74) is 2.36. The van der Waals surface area contributed by atoms with E-state index in [4.69, 9.17) is 16.3 Å². The Hall–Kier alpha value is -2.09. The molecule has 0 aromatic heterocycles. The van der Waals surface area contributed by atoms with Crippen LogP contribution < -0.4 is 4.74 Å². The Kier molecular flexibility index (Phi) is 8.29. The van der Waals surface area contributed by atoms with Crippen LogP contribution in [0.2, 0.25) is 5.02 Å². The van der Waals surface area contributed by atoms with Crippen LogP contribution in [0.4, 0.5) is 0 Å². The number of ether oxygens (including phenoxy) is 1. The molecule has 0 saturated heterocycles. The monoisotopic (exact) mass is 452 g/mol. The summed E-state index contributed by atoms with van der Waals surface area (Å²) in [5.74, 6) is 0.388. The van der Waals surface area contributed by atoms with Crippen molar-refractivity contribution >= 4 is 27.5 Å². The van der Waals surface area contributed by atoms with Crippen LogP contribution in [0.5, 0.6) is 5.75 Å². The van der Waals surface area contributed by atoms with Gasteiger partial charge < -0.3 is 9.64 Å². The fourth-order valence-electron chi connectivity index (χ4n) is 3.17. The smallest absolute Gasteiger partial charge is 0.255 e. The first kappa shape index (κ1) is 24.2. The van der Waals surface area contributed by atoms with Crippen LogP contribution in [-0.4, -0.2) is 56.8 Å². The van der Waals surface area contributed by atoms with Gasteiger partial charge in [-0.1, -0.05) is 31.5 Å². The van der Waals surface area contributed by atoms with Gasteiger partial charge in [-0.05, 0) is 55.3 Å². The van der Waals surface area contributed by atoms with Crippen molar-refractivity contribution < 1.29 is 17.9 Å². The molecule has 164 valence electrons. The Bertz CT molecular complexity index is 984. The minimum absolute atomic E-state index is 0.0545. The van der Waals surface area contributed by atoms with E-state index in [9.17, 15) is 13.2 Å². The molecule has 0 fully saturated rings. The standard InChI is InChI=1S/C22H29ClN2O4S/c1-6-25(7-2)30(27,28)19-8-9-21(23)20(15-19)22(26)24(5)10-11-29-18-13-16(3)12-17(4)14-18/h8-9,12-15H,6-7,10-11H2,1-5H3. The Morgan fingerprint density at radius 2 is 1.63 bits per heavy atom. The summed E-state index contributed by atoms with van der Waals surface area (Å²) < 4.78 is 32.6. The first-order valence-electron chi connectivity index (χ1n) is 9.86. The van der Waals surface area contributed by atoms with Crippen LogP contribution in [0.25, 0.3) is 0 Å². The molecule has 2 aromatic carbocycles. The lowest BCUT2D eigenvalue weighted by Crippen LogP contribution is -2.32. The van der Waals surface area contributed by atoms with Crippen LogP contribution in [-0.2, 0) is 10.0 Å². The molecule has 0 N–H and O–H groups in total. The van der Waals surface area contributed by atoms with Crippen LogP contribution >= 0.6 is 11.6 Å². The van der Waals surface area contributed by atoms with E-state index in [0.29, 0.717) is 26.2 Å². The van der Waals surface area contributed by atoms with Gasteiger partial charge in [-0.25, -0.2) is 8.42 Å². The molecule has 0 heterocycles. The minimum atomic E-state index is -3.68. The van der Waals surface area contributed by atoms with E-state index < -0.39 is 10.0 Å². The largest absolute Gasteiger partial charge is 0.492 e. The first-order chi connectivity index (χ1) is 14.1. The van der Waals surface area contributed by atoms with Crippen LogP contribution in [0.15, 0.2) is 41.3 Å². The van der Waals surface area contributed by atoms with E-state index in [1.54, 1.807) is 20.9 Å². The number of rotatable bonds is 9. The highest BCUT2D eigenvalue weighted by Crippen LogP contribution is 2.24. The van der Waals surface area contributed by atoms with Gasteiger partial charge in [0, 0.05) is 20.1 Å². The number of sulfonamides is 1. The zero-order valence-corrected chi connectivity index (χ0v) is 19.7. The Balaban J connectivity index is 2.13. The highest BCUT2D eigenvalue weighted by Gasteiger charge is 2.24. The lowest BCUT2D eigenvalue weighted by molar-refractivity contribution is 0.0773. The van der Waals surface area contributed by atoms with Gasteiger partial charge in [-0.3, -0.25) is 4.79 Å². The van der Waals surface area contributed by atoms with Crippen molar-refractivity contribution in [2.24, 2.45) is 0 Å². The second kappa shape index (κ2) is 10.3. The molecule has 6 nitrogen and oxygen atoms in total. The number of nitrogens with zero attached hydrogens (tertiary/aromatic N) is 2. The van der Waals surface area contributed by atoms with Crippen molar-refractivity contribution in [3.8, 4) is 5.75 Å². The summed E-state index contributed by atoms with van der Waals surface area (Å²) in [6.45, 7) is 8.86. The van der Waals surface area contributed by atoms with Gasteiger partial charge in [0.25, 0.3) is 5.91 Å². The molecule has 30 heavy (non-hydrogen) atoms. The lowest BCUT2D eigenvalue weighted by Gasteiger charge is -2.21. The molecular formula is C22H29ClN2O4S. The summed E-state index contributed by atoms with van der Waals surface area (Å²) >= 11 is 6.21. The number of amides is 1. The van der Waals surface area contributed by atoms with Crippen molar-refractivity contribution in [3.05, 3.63) is 58.1 Å². The molecule has 0 atom stereocenters. The van der Waals surface area contributed by atoms with Gasteiger partial charge in [0.15, 0.2) is 0 Å². The van der Waals surface area contributed by atoms with Crippen molar-refractivity contribution in [2.45, 2.75) is 32.6 Å². The van der Waals surface area contributed by atoms with E-state index in [2.05, 4.69) is 6.07 Å². The molecule has 0 unspecified atom stereocenters. The Morgan fingerprint density at radius 3 is 2.20 bits per heavy atom. The summed E-state index contributed by atoms with van der Waals surface area (Å²) in [7, 11) is -2.05. The molecule has 8 heteroatoms. The molecule has 0 aliphatic rings. The number of likely N-dealkylation sites (N-methyl/N-ethyl adjacent to an activating group) is 1. The summed E-state index contributed by atoms with van der Waals surface area (Å²) in [4.78, 5) is 14.4. The maximum Gasteiger partial charge on any atom is 0.255 e. The maximum absolute atomic E-state index is 12.9. The van der Waals surface area contributed by atoms with Crippen molar-refractivity contribution in [1.82, 2.24) is 9.21 Å². The van der Waals surface area contributed by atoms with Gasteiger partial charge >= 0.3 is 0 Å². The molecule has 0 bridgehead atoms. The van der Waals surface area contributed by atoms with Gasteiger partial charge in [0.1, 0.15) is 12.4 Å². The average Bonchev–Trinajstić information content (AvgIpc) is 2.67. The third kappa shape index (κ3) is 5.74. The molecular weight excluding hydrogens is 424 g/mol. The molecule has 0 saturated carbocycles. The van der Waals surface area contributed by atoms with Gasteiger partial charge in [0.2, 0.25) is 10.0 Å². The normalized spacial score (nSPS) is 11.6. The van der Waals surface area contributed by atoms with Gasteiger partial charge in [0.05, 0.1) is 22.0 Å². The molecule has 0 radical (unpaired) electrons. The average molecular weight is 453 g/mol. The minimum Gasteiger partial charge on any atom is -0.492 e. The number of hydrogen-bond donors (Lipinski definition) is 0. The number of halogens is 1. The predicted molar refractivity (Wildman–Crippen MR) is 120 cm³/mol. The van der Waals surface area contributed by atoms with Crippen LogP contribution in [0.3, 0.4) is 0 Å². The molecule has 0 aliphatic heterocycles. The van der Waals surface area contributed by atoms with Gasteiger partial charge in [-0.15, -0.1) is 0 Å². The third-order valence-electron chi connectivity index (χ3n) is 4.75. The van der Waals surface area contributed by atoms with Crippen molar-refractivity contribution in [2.75, 3.05) is 33.3 Å². The second-order valence-electron chi connectivity index (χ2n) is 7.13. The third-order valence-corrected chi connectivity index (χ3v) is 7.12. The Labute approximate surface area is 184 Å². The quantitative estimate of drug-likeness (QED) is 0.573. The van der Waals surface area contributed by atoms with Gasteiger partial charge in [-0.2, -0.15) is 4.31 Å². The number of hydrogen-bond acceptors (Lipinski definition) is 4. The highest BCUT2D eigenvalue weighted by atomic mass is 35.5. The maximum atomic E-state index is 12.9. The van der Waals surface area contributed by atoms with E-state index in [0.717, 1.165) is 16.9 Å². The fraction of sp³-hybridized carbons (Fsp3) is 0.409. The molecule has 0 aliphatic carbocycles. The lowest BCUT2D eigenvalue weighted by atomic mass is 10.1. The predicted octanol–water partition coefficient (Wildman–Crippen LogP) is 4.14. The number of carbonyl (C=O) groups is 1. The van der Waals surface area contributed by atoms with E-state index in [1.807, 2.05) is 26.0 Å². The topological polar surface area (TPSA) is 66.9 Å². The zero-order valence-electron chi connectivity index (χ0n) is 18.1. The van der Waals surface area contributed by atoms with Crippen LogP contribution in [0, 0.1) is 13.8 Å². The van der Waals surface area contributed by atoms with Crippen LogP contribution in [0.1, 0.15) is 35.3 Å². The first-order valence-corrected chi connectivity index (χ1v) is 11.7. The summed E-state index contributed by atoms with van der Waals surface area (Å²) in [5, 5.41) is 0.209. The van der Waals surface area contributed by atoms with E-state index in [1.165, 1.54) is 27.4 Å². The number of carbonyl (C=O) groups excluding carboxylic acids is 1. The fourth-order valence-corrected chi connectivity index (χ4v) is 4.85. The molecule has 0 spiro atoms. The highest BCUT2D eigenvalue weighted by molar-refractivity contribution is 7.89. The van der Waals surface area contributed by atoms with E-state index >= 15 is 0 Å². The molecule has 2 aromatic rings. The van der Waals surface area contributed by atoms with E-state index in [-0.39, 0.29) is 21.4 Å². The molecule has 1 amide bonds. The summed E-state index contributed by atoms with van der Waals surface area (Å²) in [6.07, 6.45) is 0. The Morgan fingerprint density at radius 1 is 1.03 bits per heavy atom. The summed E-state index contributed by atoms with van der Waals surface area (Å²) in [6, 6.07) is 10.2. The number of benzene rings is 2. The SMILES string of the molecule is CCN(CC)S(=O)(=O)c1ccc(Cl)c(C(=O)N(C)CCOc2cc(C)cc(C)c2)c1. The second-order valence-corrected chi connectivity index (χ2v) is 9.47. The number of aryl methyl sites for hydroxylation is 2. The zero-order chi connectivity index (χ0) is 22.5. The molecule has 2 rings (SSSR count). The van der Waals surface area contributed by atoms with Crippen molar-refractivity contribution in [3.63, 3.8) is 0 Å².